The van der Waals surface area contributed by atoms with Crippen molar-refractivity contribution < 1.29 is 4.79 Å². The Hall–Kier alpha value is -0.570. The van der Waals surface area contributed by atoms with Crippen molar-refractivity contribution in [2.24, 2.45) is 53.3 Å². The Morgan fingerprint density at radius 2 is 0.741 bits per heavy atom. The third kappa shape index (κ3) is 34.7. The van der Waals surface area contributed by atoms with Crippen LogP contribution in [0.15, 0.2) is 0 Å². The minimum atomic E-state index is 0.292. The average Bonchev–Trinajstić information content (AvgIpc) is 3.08. The minimum Gasteiger partial charge on any atom is -0.353 e. The Morgan fingerprint density at radius 3 is 1.13 bits per heavy atom. The zero-order valence-electron chi connectivity index (χ0n) is 39.7. The van der Waals surface area contributed by atoms with Gasteiger partial charge >= 0.3 is 0 Å². The van der Waals surface area contributed by atoms with E-state index in [0.717, 1.165) is 85.5 Å². The molecule has 54 heavy (non-hydrogen) atoms. The molecule has 0 fully saturated rings. The fraction of sp³-hybridized carbons (Fsp3) is 0.980. The molecule has 0 saturated carbocycles. The van der Waals surface area contributed by atoms with Crippen molar-refractivity contribution in [1.82, 2.24) is 10.2 Å². The molecule has 3 heteroatoms. The van der Waals surface area contributed by atoms with Gasteiger partial charge in [0.2, 0.25) is 5.91 Å². The van der Waals surface area contributed by atoms with E-state index in [1.54, 1.807) is 0 Å². The Kier molecular flexibility index (Phi) is 34.1. The maximum absolute atomic E-state index is 13.1. The van der Waals surface area contributed by atoms with E-state index < -0.39 is 0 Å². The summed E-state index contributed by atoms with van der Waals surface area (Å²) in [6.07, 6.45) is 33.9. The highest BCUT2D eigenvalue weighted by Gasteiger charge is 2.19. The lowest BCUT2D eigenvalue weighted by molar-refractivity contribution is -0.122. The predicted octanol–water partition coefficient (Wildman–Crippen LogP) is 15.9. The van der Waals surface area contributed by atoms with E-state index in [0.29, 0.717) is 18.4 Å². The van der Waals surface area contributed by atoms with Gasteiger partial charge in [0.25, 0.3) is 0 Å². The molecule has 8 unspecified atom stereocenters. The molecule has 1 N–H and O–H groups in total. The average molecular weight is 761 g/mol. The fourth-order valence-corrected chi connectivity index (χ4v) is 8.69. The molecule has 0 aromatic carbocycles. The number of carbonyl (C=O) groups is 1. The van der Waals surface area contributed by atoms with Crippen molar-refractivity contribution in [2.75, 3.05) is 20.6 Å². The lowest BCUT2D eigenvalue weighted by Gasteiger charge is -2.25. The van der Waals surface area contributed by atoms with Gasteiger partial charge in [0.05, 0.1) is 0 Å². The molecule has 8 atom stereocenters. The monoisotopic (exact) mass is 761 g/mol. The van der Waals surface area contributed by atoms with Crippen LogP contribution in [0.25, 0.3) is 0 Å². The highest BCUT2D eigenvalue weighted by atomic mass is 16.1. The largest absolute Gasteiger partial charge is 0.353 e. The quantitative estimate of drug-likeness (QED) is 0.0636. The third-order valence-electron chi connectivity index (χ3n) is 13.3. The molecule has 1 amide bonds. The molecule has 0 aliphatic rings. The second-order valence-corrected chi connectivity index (χ2v) is 20.9. The number of nitrogens with one attached hydrogen (secondary N) is 1. The number of hydrogen-bond acceptors (Lipinski definition) is 2. The first-order chi connectivity index (χ1) is 25.6. The molecule has 0 aromatic rings. The van der Waals surface area contributed by atoms with Crippen LogP contribution >= 0.6 is 0 Å². The topological polar surface area (TPSA) is 32.3 Å². The minimum absolute atomic E-state index is 0.292. The lowest BCUT2D eigenvalue weighted by atomic mass is 9.83. The van der Waals surface area contributed by atoms with Crippen LogP contribution in [0.1, 0.15) is 243 Å². The first kappa shape index (κ1) is 53.4. The van der Waals surface area contributed by atoms with Gasteiger partial charge in [-0.25, -0.2) is 0 Å². The summed E-state index contributed by atoms with van der Waals surface area (Å²) in [5, 5.41) is 3.54. The molecule has 0 saturated heterocycles. The SMILES string of the molecule is CC(C)CCCC(C)CCCC(C)CCCC(C)CCCC(CCC(C)C(C)CCC(C)CCCC(C)CCCC(C)C)NC(=O)CCCCCN(C)C. The Balaban J connectivity index is 4.62. The number of carbonyl (C=O) groups excluding carboxylic acids is 1. The molecule has 0 heterocycles. The van der Waals surface area contributed by atoms with Gasteiger partial charge in [-0.3, -0.25) is 4.79 Å². The van der Waals surface area contributed by atoms with E-state index >= 15 is 0 Å². The summed E-state index contributed by atoms with van der Waals surface area (Å²) < 4.78 is 0. The van der Waals surface area contributed by atoms with Gasteiger partial charge in [0, 0.05) is 12.5 Å². The van der Waals surface area contributed by atoms with Gasteiger partial charge in [-0.15, -0.1) is 0 Å². The van der Waals surface area contributed by atoms with Crippen molar-refractivity contribution >= 4 is 5.91 Å². The molecule has 3 nitrogen and oxygen atoms in total. The van der Waals surface area contributed by atoms with Crippen LogP contribution in [-0.2, 0) is 4.79 Å². The zero-order valence-corrected chi connectivity index (χ0v) is 39.7. The van der Waals surface area contributed by atoms with E-state index in [9.17, 15) is 4.79 Å². The van der Waals surface area contributed by atoms with Gasteiger partial charge in [-0.2, -0.15) is 0 Å². The Morgan fingerprint density at radius 1 is 0.389 bits per heavy atom. The molecule has 0 radical (unpaired) electrons. The number of amides is 1. The highest BCUT2D eigenvalue weighted by Crippen LogP contribution is 2.28. The van der Waals surface area contributed by atoms with E-state index in [1.807, 2.05) is 0 Å². The second kappa shape index (κ2) is 34.5. The molecular weight excluding hydrogens is 657 g/mol. The number of hydrogen-bond donors (Lipinski definition) is 1. The van der Waals surface area contributed by atoms with Gasteiger partial charge in [0.1, 0.15) is 0 Å². The fourth-order valence-electron chi connectivity index (χ4n) is 8.69. The van der Waals surface area contributed by atoms with Crippen LogP contribution in [0.5, 0.6) is 0 Å². The number of rotatable bonds is 38. The maximum Gasteiger partial charge on any atom is 0.220 e. The van der Waals surface area contributed by atoms with Crippen molar-refractivity contribution in [3.8, 4) is 0 Å². The van der Waals surface area contributed by atoms with E-state index in [1.165, 1.54) is 135 Å². The summed E-state index contributed by atoms with van der Waals surface area (Å²) in [7, 11) is 4.27. The van der Waals surface area contributed by atoms with Crippen molar-refractivity contribution in [3.63, 3.8) is 0 Å². The molecule has 0 rings (SSSR count). The van der Waals surface area contributed by atoms with Crippen LogP contribution in [0.2, 0.25) is 0 Å². The normalized spacial score (nSPS) is 16.7. The Labute approximate surface area is 342 Å². The van der Waals surface area contributed by atoms with Crippen molar-refractivity contribution in [1.29, 1.82) is 0 Å². The summed E-state index contributed by atoms with van der Waals surface area (Å²) in [5.74, 6) is 7.76. The summed E-state index contributed by atoms with van der Waals surface area (Å²) in [6, 6.07) is 0.343. The van der Waals surface area contributed by atoms with E-state index in [4.69, 9.17) is 0 Å². The highest BCUT2D eigenvalue weighted by molar-refractivity contribution is 5.76. The number of unbranched alkanes of at least 4 members (excludes halogenated alkanes) is 2. The van der Waals surface area contributed by atoms with Gasteiger partial charge in [0.15, 0.2) is 0 Å². The van der Waals surface area contributed by atoms with Gasteiger partial charge < -0.3 is 10.2 Å². The molecule has 0 aliphatic heterocycles. The van der Waals surface area contributed by atoms with E-state index in [2.05, 4.69) is 100 Å². The maximum atomic E-state index is 13.1. The smallest absolute Gasteiger partial charge is 0.220 e. The molecule has 0 aliphatic carbocycles. The van der Waals surface area contributed by atoms with Crippen molar-refractivity contribution in [2.45, 2.75) is 249 Å². The molecule has 0 spiro atoms. The molecule has 0 aromatic heterocycles. The molecule has 0 bridgehead atoms. The van der Waals surface area contributed by atoms with Crippen LogP contribution in [0.4, 0.5) is 0 Å². The third-order valence-corrected chi connectivity index (χ3v) is 13.3. The predicted molar refractivity (Wildman–Crippen MR) is 244 cm³/mol. The van der Waals surface area contributed by atoms with Crippen LogP contribution in [0, 0.1) is 53.3 Å². The van der Waals surface area contributed by atoms with Crippen LogP contribution in [-0.4, -0.2) is 37.5 Å². The summed E-state index contributed by atoms with van der Waals surface area (Å²) >= 11 is 0. The van der Waals surface area contributed by atoms with Crippen LogP contribution < -0.4 is 5.32 Å². The lowest BCUT2D eigenvalue weighted by Crippen LogP contribution is -2.35. The molecular formula is C51H104N2O. The van der Waals surface area contributed by atoms with Crippen molar-refractivity contribution in [3.05, 3.63) is 0 Å². The second-order valence-electron chi connectivity index (χ2n) is 20.9. The van der Waals surface area contributed by atoms with Gasteiger partial charge in [-0.05, 0) is 106 Å². The van der Waals surface area contributed by atoms with E-state index in [-0.39, 0.29) is 0 Å². The first-order valence-electron chi connectivity index (χ1n) is 24.5. The Bertz CT molecular complexity index is 822. The summed E-state index contributed by atoms with van der Waals surface area (Å²) in [5.41, 5.74) is 0. The zero-order chi connectivity index (χ0) is 40.7. The van der Waals surface area contributed by atoms with Gasteiger partial charge in [-0.1, -0.05) is 205 Å². The molecule has 324 valence electrons. The summed E-state index contributed by atoms with van der Waals surface area (Å²) in [6.45, 7) is 27.9. The van der Waals surface area contributed by atoms with Crippen LogP contribution in [0.3, 0.4) is 0 Å². The summed E-state index contributed by atoms with van der Waals surface area (Å²) in [4.78, 5) is 15.3. The number of nitrogens with zero attached hydrogens (tertiary/aromatic N) is 1. The first-order valence-corrected chi connectivity index (χ1v) is 24.5. The standard InChI is InChI=1S/C51H104N2O/c1-41(2)23-17-25-43(5)27-19-28-45(7)29-20-30-46(8)33-22-34-50(52-51(54)35-15-14-16-40-53(12)13)39-38-49(11)48(10)37-36-47(9)32-21-31-44(6)26-18-24-42(3)4/h41-50H,14-40H2,1-13H3,(H,52,54).